The third kappa shape index (κ3) is 4.66. The molecule has 0 aromatic rings. The fourth-order valence-electron chi connectivity index (χ4n) is 3.88. The molecule has 1 aliphatic heterocycles. The second-order valence-electron chi connectivity index (χ2n) is 8.66. The predicted molar refractivity (Wildman–Crippen MR) is 103 cm³/mol. The second kappa shape index (κ2) is 8.23. The Morgan fingerprint density at radius 2 is 2.08 bits per heavy atom. The number of rotatable bonds is 6. The molecule has 6 nitrogen and oxygen atoms in total. The first-order valence-electron chi connectivity index (χ1n) is 9.58. The first-order valence-corrected chi connectivity index (χ1v) is 9.58. The lowest BCUT2D eigenvalue weighted by Gasteiger charge is -2.59. The maximum absolute atomic E-state index is 5.91. The average molecular weight is 355 g/mol. The second-order valence-corrected chi connectivity index (χ2v) is 8.66. The lowest BCUT2D eigenvalue weighted by atomic mass is 9.56. The average Bonchev–Trinajstić information content (AvgIpc) is 2.57. The van der Waals surface area contributed by atoms with E-state index in [0.29, 0.717) is 12.0 Å². The highest BCUT2D eigenvalue weighted by Gasteiger charge is 2.58. The molecule has 2 rings (SSSR count). The van der Waals surface area contributed by atoms with Crippen molar-refractivity contribution in [2.45, 2.75) is 58.8 Å². The minimum Gasteiger partial charge on any atom is -0.378 e. The molecular formula is C19H38N4O2. The summed E-state index contributed by atoms with van der Waals surface area (Å²) in [4.78, 5) is 6.88. The van der Waals surface area contributed by atoms with E-state index in [2.05, 4.69) is 55.1 Å². The van der Waals surface area contributed by atoms with Gasteiger partial charge in [-0.05, 0) is 19.3 Å². The molecule has 0 amide bonds. The van der Waals surface area contributed by atoms with Crippen LogP contribution in [-0.2, 0) is 9.47 Å². The van der Waals surface area contributed by atoms with Crippen LogP contribution >= 0.6 is 0 Å². The van der Waals surface area contributed by atoms with Crippen LogP contribution in [0.1, 0.15) is 41.0 Å². The summed E-state index contributed by atoms with van der Waals surface area (Å²) >= 11 is 0. The number of hydrogen-bond donors (Lipinski definition) is 2. The zero-order chi connectivity index (χ0) is 18.7. The Morgan fingerprint density at radius 1 is 1.36 bits per heavy atom. The van der Waals surface area contributed by atoms with Crippen LogP contribution in [0.15, 0.2) is 4.99 Å². The van der Waals surface area contributed by atoms with Crippen molar-refractivity contribution < 1.29 is 9.47 Å². The number of nitrogens with zero attached hydrogens (tertiary/aromatic N) is 2. The van der Waals surface area contributed by atoms with E-state index in [1.807, 2.05) is 7.05 Å². The summed E-state index contributed by atoms with van der Waals surface area (Å²) in [6.07, 6.45) is 1.20. The molecule has 0 aromatic heterocycles. The standard InChI is InChI=1S/C19H38N4O2/c1-14(2)12-23-8-9-25-15(13-23)11-21-17(20-6)22-16-10-19(5,24-7)18(16,3)4/h14-16H,8-13H2,1-7H3,(H2,20,21,22). The highest BCUT2D eigenvalue weighted by atomic mass is 16.5. The molecule has 2 N–H and O–H groups in total. The van der Waals surface area contributed by atoms with E-state index in [4.69, 9.17) is 9.47 Å². The lowest BCUT2D eigenvalue weighted by Crippen LogP contribution is -2.69. The summed E-state index contributed by atoms with van der Waals surface area (Å²) in [5, 5.41) is 7.00. The molecule has 3 atom stereocenters. The van der Waals surface area contributed by atoms with Gasteiger partial charge in [0, 0.05) is 51.8 Å². The van der Waals surface area contributed by atoms with Gasteiger partial charge in [0.25, 0.3) is 0 Å². The summed E-state index contributed by atoms with van der Waals surface area (Å²) in [6, 6.07) is 0.355. The quantitative estimate of drug-likeness (QED) is 0.562. The Bertz CT molecular complexity index is 466. The molecular weight excluding hydrogens is 316 g/mol. The van der Waals surface area contributed by atoms with Crippen LogP contribution in [0.5, 0.6) is 0 Å². The fraction of sp³-hybridized carbons (Fsp3) is 0.947. The number of morpholine rings is 1. The largest absolute Gasteiger partial charge is 0.378 e. The Labute approximate surface area is 153 Å². The van der Waals surface area contributed by atoms with Crippen LogP contribution in [0.4, 0.5) is 0 Å². The molecule has 0 radical (unpaired) electrons. The van der Waals surface area contributed by atoms with E-state index in [0.717, 1.165) is 45.2 Å². The van der Waals surface area contributed by atoms with Crippen LogP contribution in [0.3, 0.4) is 0 Å². The van der Waals surface area contributed by atoms with E-state index >= 15 is 0 Å². The van der Waals surface area contributed by atoms with Gasteiger partial charge < -0.3 is 20.1 Å². The van der Waals surface area contributed by atoms with Crippen molar-refractivity contribution in [2.75, 3.05) is 46.9 Å². The van der Waals surface area contributed by atoms with E-state index in [1.165, 1.54) is 0 Å². The molecule has 0 aromatic carbocycles. The lowest BCUT2D eigenvalue weighted by molar-refractivity contribution is -0.176. The smallest absolute Gasteiger partial charge is 0.191 e. The minimum atomic E-state index is -0.0760. The van der Waals surface area contributed by atoms with Crippen molar-refractivity contribution in [3.05, 3.63) is 0 Å². The van der Waals surface area contributed by atoms with Crippen LogP contribution in [0.2, 0.25) is 0 Å². The van der Waals surface area contributed by atoms with Crippen molar-refractivity contribution in [1.82, 2.24) is 15.5 Å². The highest BCUT2D eigenvalue weighted by molar-refractivity contribution is 5.80. The maximum Gasteiger partial charge on any atom is 0.191 e. The van der Waals surface area contributed by atoms with Gasteiger partial charge in [0.15, 0.2) is 5.96 Å². The van der Waals surface area contributed by atoms with Gasteiger partial charge in [0.2, 0.25) is 0 Å². The normalized spacial score (nSPS) is 33.2. The number of guanidine groups is 1. The molecule has 1 aliphatic carbocycles. The van der Waals surface area contributed by atoms with Gasteiger partial charge in [-0.15, -0.1) is 0 Å². The Hall–Kier alpha value is -0.850. The molecule has 1 heterocycles. The zero-order valence-corrected chi connectivity index (χ0v) is 17.2. The van der Waals surface area contributed by atoms with E-state index in [1.54, 1.807) is 7.11 Å². The molecule has 0 bridgehead atoms. The van der Waals surface area contributed by atoms with Crippen molar-refractivity contribution in [1.29, 1.82) is 0 Å². The van der Waals surface area contributed by atoms with Gasteiger partial charge in [-0.2, -0.15) is 0 Å². The molecule has 2 fully saturated rings. The highest BCUT2D eigenvalue weighted by Crippen LogP contribution is 2.51. The van der Waals surface area contributed by atoms with Crippen molar-refractivity contribution in [2.24, 2.45) is 16.3 Å². The van der Waals surface area contributed by atoms with Crippen molar-refractivity contribution >= 4 is 5.96 Å². The number of methoxy groups -OCH3 is 1. The van der Waals surface area contributed by atoms with Crippen LogP contribution in [0, 0.1) is 11.3 Å². The topological polar surface area (TPSA) is 58.1 Å². The number of aliphatic imine (C=N–C) groups is 1. The van der Waals surface area contributed by atoms with Crippen molar-refractivity contribution in [3.63, 3.8) is 0 Å². The summed E-state index contributed by atoms with van der Waals surface area (Å²) in [7, 11) is 3.62. The van der Waals surface area contributed by atoms with Crippen LogP contribution in [0.25, 0.3) is 0 Å². The summed E-state index contributed by atoms with van der Waals surface area (Å²) in [5.74, 6) is 1.54. The molecule has 25 heavy (non-hydrogen) atoms. The van der Waals surface area contributed by atoms with Gasteiger partial charge in [-0.1, -0.05) is 27.7 Å². The molecule has 2 aliphatic rings. The Kier molecular flexibility index (Phi) is 6.74. The monoisotopic (exact) mass is 354 g/mol. The van der Waals surface area contributed by atoms with Gasteiger partial charge in [-0.25, -0.2) is 0 Å². The molecule has 3 unspecified atom stereocenters. The van der Waals surface area contributed by atoms with E-state index in [-0.39, 0.29) is 17.1 Å². The molecule has 6 heteroatoms. The molecule has 1 saturated heterocycles. The predicted octanol–water partition coefficient (Wildman–Crippen LogP) is 1.71. The SMILES string of the molecule is CN=C(NCC1CN(CC(C)C)CCO1)NC1CC(C)(OC)C1(C)C. The fourth-order valence-corrected chi connectivity index (χ4v) is 3.88. The summed E-state index contributed by atoms with van der Waals surface area (Å²) in [5.41, 5.74) is -0.0118. The van der Waals surface area contributed by atoms with Gasteiger partial charge >= 0.3 is 0 Å². The number of hydrogen-bond acceptors (Lipinski definition) is 4. The van der Waals surface area contributed by atoms with E-state index in [9.17, 15) is 0 Å². The number of ether oxygens (including phenoxy) is 2. The summed E-state index contributed by atoms with van der Waals surface area (Å²) in [6.45, 7) is 16.0. The van der Waals surface area contributed by atoms with Crippen LogP contribution < -0.4 is 10.6 Å². The van der Waals surface area contributed by atoms with E-state index < -0.39 is 0 Å². The minimum absolute atomic E-state index is 0.0643. The molecule has 146 valence electrons. The third-order valence-corrected chi connectivity index (χ3v) is 6.16. The molecule has 0 spiro atoms. The van der Waals surface area contributed by atoms with Crippen molar-refractivity contribution in [3.8, 4) is 0 Å². The van der Waals surface area contributed by atoms with Gasteiger partial charge in [-0.3, -0.25) is 9.89 Å². The number of nitrogens with one attached hydrogen (secondary N) is 2. The Morgan fingerprint density at radius 3 is 2.64 bits per heavy atom. The van der Waals surface area contributed by atoms with Crippen LogP contribution in [-0.4, -0.2) is 75.5 Å². The zero-order valence-electron chi connectivity index (χ0n) is 17.2. The first kappa shape index (κ1) is 20.5. The third-order valence-electron chi connectivity index (χ3n) is 6.16. The van der Waals surface area contributed by atoms with Gasteiger partial charge in [0.05, 0.1) is 18.3 Å². The molecule has 1 saturated carbocycles. The maximum atomic E-state index is 5.91. The van der Waals surface area contributed by atoms with Gasteiger partial charge in [0.1, 0.15) is 0 Å². The first-order chi connectivity index (χ1) is 11.7. The Balaban J connectivity index is 1.79. The summed E-state index contributed by atoms with van der Waals surface area (Å²) < 4.78 is 11.6.